The highest BCUT2D eigenvalue weighted by molar-refractivity contribution is 7.99. The lowest BCUT2D eigenvalue weighted by Gasteiger charge is -2.15. The fourth-order valence-electron chi connectivity index (χ4n) is 1.78. The fraction of sp³-hybridized carbons (Fsp3) is 0.889. The van der Waals surface area contributed by atoms with Gasteiger partial charge in [-0.05, 0) is 19.2 Å². The highest BCUT2D eigenvalue weighted by Crippen LogP contribution is 2.14. The molecule has 2 unspecified atom stereocenters. The number of nitrogens with one attached hydrogen (secondary N) is 1. The quantitative estimate of drug-likeness (QED) is 0.720. The first kappa shape index (κ1) is 10.9. The van der Waals surface area contributed by atoms with Gasteiger partial charge in [0.15, 0.2) is 0 Å². The minimum Gasteiger partial charge on any atom is -0.351 e. The summed E-state index contributed by atoms with van der Waals surface area (Å²) < 4.78 is 0. The summed E-state index contributed by atoms with van der Waals surface area (Å²) in [5.74, 6) is 1.32. The van der Waals surface area contributed by atoms with Crippen molar-refractivity contribution in [3.05, 3.63) is 0 Å². The smallest absolute Gasteiger partial charge is 0.230 e. The molecule has 13 heavy (non-hydrogen) atoms. The van der Waals surface area contributed by atoms with E-state index in [4.69, 9.17) is 0 Å². The van der Waals surface area contributed by atoms with Crippen molar-refractivity contribution in [1.82, 2.24) is 10.2 Å². The zero-order chi connectivity index (χ0) is 9.84. The van der Waals surface area contributed by atoms with E-state index in [0.29, 0.717) is 17.7 Å². The molecule has 0 aromatic heterocycles. The molecule has 76 valence electrons. The number of carbonyl (C=O) groups is 1. The maximum atomic E-state index is 11.3. The fourth-order valence-corrected chi connectivity index (χ4v) is 2.12. The normalized spacial score (nSPS) is 29.2. The van der Waals surface area contributed by atoms with E-state index in [2.05, 4.69) is 24.2 Å². The van der Waals surface area contributed by atoms with Crippen molar-refractivity contribution < 1.29 is 4.79 Å². The molecule has 0 spiro atoms. The van der Waals surface area contributed by atoms with Crippen LogP contribution < -0.4 is 5.32 Å². The molecule has 2 atom stereocenters. The number of nitrogens with zero attached hydrogens (tertiary/aromatic N) is 1. The third kappa shape index (κ3) is 3.19. The van der Waals surface area contributed by atoms with Crippen LogP contribution in [-0.2, 0) is 4.79 Å². The monoisotopic (exact) mass is 202 g/mol. The van der Waals surface area contributed by atoms with Gasteiger partial charge in [0.25, 0.3) is 0 Å². The summed E-state index contributed by atoms with van der Waals surface area (Å²) in [7, 11) is 2.09. The van der Waals surface area contributed by atoms with Gasteiger partial charge in [-0.3, -0.25) is 4.79 Å². The summed E-state index contributed by atoms with van der Waals surface area (Å²) in [6.07, 6.45) is 1.95. The van der Waals surface area contributed by atoms with Crippen LogP contribution in [0.25, 0.3) is 0 Å². The minimum absolute atomic E-state index is 0.166. The van der Waals surface area contributed by atoms with Crippen LogP contribution in [0.1, 0.15) is 6.92 Å². The molecule has 1 saturated heterocycles. The van der Waals surface area contributed by atoms with E-state index >= 15 is 0 Å². The molecule has 1 aliphatic heterocycles. The molecule has 1 aliphatic rings. The van der Waals surface area contributed by atoms with Crippen LogP contribution in [0.15, 0.2) is 0 Å². The first-order chi connectivity index (χ1) is 6.13. The third-order valence-electron chi connectivity index (χ3n) is 2.42. The molecule has 0 aromatic rings. The first-order valence-electron chi connectivity index (χ1n) is 4.60. The molecule has 0 aromatic carbocycles. The number of amides is 1. The van der Waals surface area contributed by atoms with Crippen LogP contribution in [0.4, 0.5) is 0 Å². The maximum Gasteiger partial charge on any atom is 0.230 e. The Morgan fingerprint density at radius 3 is 2.77 bits per heavy atom. The van der Waals surface area contributed by atoms with Gasteiger partial charge < -0.3 is 10.2 Å². The standard InChI is InChI=1S/C9H18N2OS/c1-7-4-11(2)5-8(7)10-9(12)6-13-3/h7-8H,4-6H2,1-3H3,(H,10,12). The van der Waals surface area contributed by atoms with E-state index in [1.54, 1.807) is 11.8 Å². The Bertz CT molecular complexity index is 186. The van der Waals surface area contributed by atoms with Gasteiger partial charge in [0.1, 0.15) is 0 Å². The van der Waals surface area contributed by atoms with E-state index < -0.39 is 0 Å². The lowest BCUT2D eigenvalue weighted by molar-refractivity contribution is -0.119. The Hall–Kier alpha value is -0.220. The average Bonchev–Trinajstić information content (AvgIpc) is 2.30. The molecule has 1 heterocycles. The second kappa shape index (κ2) is 4.86. The van der Waals surface area contributed by atoms with Gasteiger partial charge in [0, 0.05) is 19.1 Å². The molecule has 0 bridgehead atoms. The van der Waals surface area contributed by atoms with E-state index in [1.165, 1.54) is 0 Å². The minimum atomic E-state index is 0.166. The number of rotatable bonds is 3. The van der Waals surface area contributed by atoms with Gasteiger partial charge in [0.05, 0.1) is 5.75 Å². The maximum absolute atomic E-state index is 11.3. The van der Waals surface area contributed by atoms with Crippen LogP contribution >= 0.6 is 11.8 Å². The second-order valence-electron chi connectivity index (χ2n) is 3.81. The first-order valence-corrected chi connectivity index (χ1v) is 5.99. The summed E-state index contributed by atoms with van der Waals surface area (Å²) in [6.45, 7) is 4.26. The Labute approximate surface area is 84.2 Å². The van der Waals surface area contributed by atoms with E-state index in [1.807, 2.05) is 6.26 Å². The summed E-state index contributed by atoms with van der Waals surface area (Å²) in [4.78, 5) is 13.6. The highest BCUT2D eigenvalue weighted by atomic mass is 32.2. The third-order valence-corrected chi connectivity index (χ3v) is 2.97. The summed E-state index contributed by atoms with van der Waals surface area (Å²) in [6, 6.07) is 0.352. The molecule has 4 heteroatoms. The summed E-state index contributed by atoms with van der Waals surface area (Å²) >= 11 is 1.57. The summed E-state index contributed by atoms with van der Waals surface area (Å²) in [5.41, 5.74) is 0. The molecular weight excluding hydrogens is 184 g/mol. The largest absolute Gasteiger partial charge is 0.351 e. The molecule has 1 N–H and O–H groups in total. The number of hydrogen-bond acceptors (Lipinski definition) is 3. The average molecular weight is 202 g/mol. The zero-order valence-corrected chi connectivity index (χ0v) is 9.36. The molecular formula is C9H18N2OS. The SMILES string of the molecule is CSCC(=O)NC1CN(C)CC1C. The number of likely N-dealkylation sites (N-methyl/N-ethyl adjacent to an activating group) is 1. The second-order valence-corrected chi connectivity index (χ2v) is 4.67. The molecule has 1 rings (SSSR count). The van der Waals surface area contributed by atoms with Gasteiger partial charge in [-0.2, -0.15) is 11.8 Å². The topological polar surface area (TPSA) is 32.3 Å². The van der Waals surface area contributed by atoms with Gasteiger partial charge >= 0.3 is 0 Å². The predicted molar refractivity (Wildman–Crippen MR) is 57.0 cm³/mol. The highest BCUT2D eigenvalue weighted by Gasteiger charge is 2.27. The van der Waals surface area contributed by atoms with Crippen molar-refractivity contribution >= 4 is 17.7 Å². The van der Waals surface area contributed by atoms with Crippen LogP contribution in [0.3, 0.4) is 0 Å². The van der Waals surface area contributed by atoms with Gasteiger partial charge in [0.2, 0.25) is 5.91 Å². The molecule has 3 nitrogen and oxygen atoms in total. The number of likely N-dealkylation sites (tertiary alicyclic amines) is 1. The lowest BCUT2D eigenvalue weighted by Crippen LogP contribution is -2.40. The van der Waals surface area contributed by atoms with Crippen molar-refractivity contribution in [3.63, 3.8) is 0 Å². The zero-order valence-electron chi connectivity index (χ0n) is 8.54. The van der Waals surface area contributed by atoms with Crippen LogP contribution in [0.2, 0.25) is 0 Å². The van der Waals surface area contributed by atoms with Crippen molar-refractivity contribution in [2.75, 3.05) is 32.1 Å². The van der Waals surface area contributed by atoms with Crippen LogP contribution in [-0.4, -0.2) is 49.0 Å². The van der Waals surface area contributed by atoms with Crippen molar-refractivity contribution in [1.29, 1.82) is 0 Å². The molecule has 1 fully saturated rings. The Balaban J connectivity index is 2.32. The predicted octanol–water partition coefficient (Wildman–Crippen LogP) is 0.416. The Morgan fingerprint density at radius 1 is 1.62 bits per heavy atom. The van der Waals surface area contributed by atoms with Crippen LogP contribution in [0, 0.1) is 5.92 Å². The Morgan fingerprint density at radius 2 is 2.31 bits per heavy atom. The molecule has 1 amide bonds. The lowest BCUT2D eigenvalue weighted by atomic mass is 10.1. The van der Waals surface area contributed by atoms with Gasteiger partial charge in [-0.15, -0.1) is 0 Å². The number of thioether (sulfide) groups is 1. The molecule has 0 radical (unpaired) electrons. The van der Waals surface area contributed by atoms with Gasteiger partial charge in [-0.1, -0.05) is 6.92 Å². The molecule has 0 saturated carbocycles. The van der Waals surface area contributed by atoms with E-state index in [9.17, 15) is 4.79 Å². The van der Waals surface area contributed by atoms with Crippen molar-refractivity contribution in [3.8, 4) is 0 Å². The summed E-state index contributed by atoms with van der Waals surface area (Å²) in [5, 5.41) is 3.06. The van der Waals surface area contributed by atoms with E-state index in [0.717, 1.165) is 13.1 Å². The van der Waals surface area contributed by atoms with Crippen molar-refractivity contribution in [2.45, 2.75) is 13.0 Å². The van der Waals surface area contributed by atoms with E-state index in [-0.39, 0.29) is 5.91 Å². The molecule has 0 aliphatic carbocycles. The van der Waals surface area contributed by atoms with Gasteiger partial charge in [-0.25, -0.2) is 0 Å². The number of hydrogen-bond donors (Lipinski definition) is 1. The number of carbonyl (C=O) groups excluding carboxylic acids is 1. The Kier molecular flexibility index (Phi) is 4.06. The van der Waals surface area contributed by atoms with Crippen molar-refractivity contribution in [2.24, 2.45) is 5.92 Å². The van der Waals surface area contributed by atoms with Crippen LogP contribution in [0.5, 0.6) is 0 Å².